The fourth-order valence-corrected chi connectivity index (χ4v) is 3.61. The van der Waals surface area contributed by atoms with Crippen molar-refractivity contribution >= 4 is 10.2 Å². The van der Waals surface area contributed by atoms with Gasteiger partial charge in [0, 0.05) is 32.1 Å². The number of nitrogens with zero attached hydrogens (tertiary/aromatic N) is 4. The molecule has 3 rings (SSSR count). The molecule has 0 aliphatic rings. The maximum Gasteiger partial charge on any atom is 0.322 e. The van der Waals surface area contributed by atoms with Gasteiger partial charge in [0.15, 0.2) is 0 Å². The van der Waals surface area contributed by atoms with E-state index in [1.54, 1.807) is 24.5 Å². The summed E-state index contributed by atoms with van der Waals surface area (Å²) in [6.07, 6.45) is 6.80. The maximum absolute atomic E-state index is 12.1. The van der Waals surface area contributed by atoms with Crippen LogP contribution in [0.4, 0.5) is 0 Å². The van der Waals surface area contributed by atoms with E-state index in [9.17, 15) is 13.5 Å². The second kappa shape index (κ2) is 9.38. The zero-order valence-electron chi connectivity index (χ0n) is 17.2. The van der Waals surface area contributed by atoms with Crippen LogP contribution in [-0.2, 0) is 16.6 Å². The van der Waals surface area contributed by atoms with Crippen molar-refractivity contribution in [2.75, 3.05) is 14.1 Å². The van der Waals surface area contributed by atoms with Crippen LogP contribution in [0.25, 0.3) is 11.1 Å². The van der Waals surface area contributed by atoms with Crippen LogP contribution in [0.2, 0.25) is 0 Å². The number of aliphatic hydroxyl groups is 1. The van der Waals surface area contributed by atoms with E-state index in [0.29, 0.717) is 17.7 Å². The zero-order valence-corrected chi connectivity index (χ0v) is 18.0. The van der Waals surface area contributed by atoms with Gasteiger partial charge in [-0.05, 0) is 49.1 Å². The number of hydrogen-bond acceptors (Lipinski definition) is 6. The van der Waals surface area contributed by atoms with Crippen LogP contribution >= 0.6 is 0 Å². The van der Waals surface area contributed by atoms with E-state index < -0.39 is 16.3 Å². The van der Waals surface area contributed by atoms with Gasteiger partial charge < -0.3 is 9.84 Å². The molecule has 0 radical (unpaired) electrons. The molecule has 3 aromatic rings. The van der Waals surface area contributed by atoms with Crippen molar-refractivity contribution in [3.05, 3.63) is 66.7 Å². The lowest BCUT2D eigenvalue weighted by Gasteiger charge is -2.20. The molecule has 0 spiro atoms. The molecule has 2 atom stereocenters. The summed E-state index contributed by atoms with van der Waals surface area (Å²) in [6, 6.07) is 11.1. The molecule has 8 nitrogen and oxygen atoms in total. The summed E-state index contributed by atoms with van der Waals surface area (Å²) in [4.78, 5) is 4.08. The Labute approximate surface area is 176 Å². The van der Waals surface area contributed by atoms with Gasteiger partial charge in [-0.3, -0.25) is 4.98 Å². The minimum atomic E-state index is -3.64. The number of rotatable bonds is 9. The van der Waals surface area contributed by atoms with Gasteiger partial charge in [-0.1, -0.05) is 18.2 Å². The highest BCUT2D eigenvalue weighted by molar-refractivity contribution is 7.87. The van der Waals surface area contributed by atoms with Gasteiger partial charge in [0.05, 0.1) is 18.5 Å². The third kappa shape index (κ3) is 5.24. The second-order valence-electron chi connectivity index (χ2n) is 7.21. The maximum atomic E-state index is 12.1. The lowest BCUT2D eigenvalue weighted by atomic mass is 10.1. The average molecular weight is 431 g/mol. The van der Waals surface area contributed by atoms with Gasteiger partial charge >= 0.3 is 10.2 Å². The fraction of sp³-hybridized carbons (Fsp3) is 0.333. The molecule has 9 heteroatoms. The van der Waals surface area contributed by atoms with Crippen molar-refractivity contribution in [3.8, 4) is 16.9 Å². The number of ether oxygens (including phenoxy) is 1. The first kappa shape index (κ1) is 21.9. The van der Waals surface area contributed by atoms with Crippen LogP contribution < -0.4 is 4.74 Å². The van der Waals surface area contributed by atoms with Crippen LogP contribution in [0.1, 0.15) is 18.9 Å². The van der Waals surface area contributed by atoms with Gasteiger partial charge in [-0.2, -0.15) is 21.9 Å². The predicted molar refractivity (Wildman–Crippen MR) is 114 cm³/mol. The van der Waals surface area contributed by atoms with Crippen LogP contribution in [0.5, 0.6) is 5.75 Å². The molecule has 2 aromatic heterocycles. The number of hydrogen-bond donors (Lipinski definition) is 1. The lowest BCUT2D eigenvalue weighted by Crippen LogP contribution is -2.29. The number of pyridine rings is 1. The molecule has 0 aliphatic heterocycles. The molecule has 2 heterocycles. The van der Waals surface area contributed by atoms with E-state index in [0.717, 1.165) is 25.9 Å². The monoisotopic (exact) mass is 430 g/mol. The number of aryl methyl sites for hydroxylation is 1. The third-order valence-corrected chi connectivity index (χ3v) is 6.36. The van der Waals surface area contributed by atoms with Gasteiger partial charge in [0.25, 0.3) is 0 Å². The zero-order chi connectivity index (χ0) is 21.7. The molecular weight excluding hydrogens is 404 g/mol. The van der Waals surface area contributed by atoms with Crippen molar-refractivity contribution in [1.82, 2.24) is 18.5 Å². The SMILES string of the molecule is CC(Oc1ccc(-c2cnn(S(=O)(=O)N(C)C)c2)cc1)C(O)CCc1cccnc1. The van der Waals surface area contributed by atoms with Gasteiger partial charge in [0.1, 0.15) is 11.9 Å². The lowest BCUT2D eigenvalue weighted by molar-refractivity contribution is 0.0420. The molecule has 0 saturated carbocycles. The Morgan fingerprint density at radius 3 is 2.50 bits per heavy atom. The Hall–Kier alpha value is -2.75. The quantitative estimate of drug-likeness (QED) is 0.560. The first-order chi connectivity index (χ1) is 14.3. The number of aliphatic hydroxyl groups excluding tert-OH is 1. The summed E-state index contributed by atoms with van der Waals surface area (Å²) < 4.78 is 32.2. The molecule has 160 valence electrons. The minimum absolute atomic E-state index is 0.375. The summed E-state index contributed by atoms with van der Waals surface area (Å²) in [6.45, 7) is 1.83. The third-order valence-electron chi connectivity index (χ3n) is 4.76. The summed E-state index contributed by atoms with van der Waals surface area (Å²) in [5.41, 5.74) is 2.56. The van der Waals surface area contributed by atoms with E-state index in [-0.39, 0.29) is 6.10 Å². The van der Waals surface area contributed by atoms with Gasteiger partial charge in [-0.15, -0.1) is 0 Å². The van der Waals surface area contributed by atoms with E-state index >= 15 is 0 Å². The number of benzene rings is 1. The molecule has 0 fully saturated rings. The van der Waals surface area contributed by atoms with E-state index in [2.05, 4.69) is 10.1 Å². The molecule has 0 saturated heterocycles. The summed E-state index contributed by atoms with van der Waals surface area (Å²) in [5.74, 6) is 0.625. The van der Waals surface area contributed by atoms with Crippen molar-refractivity contribution in [2.24, 2.45) is 0 Å². The Morgan fingerprint density at radius 1 is 1.13 bits per heavy atom. The molecule has 1 aromatic carbocycles. The minimum Gasteiger partial charge on any atom is -0.488 e. The van der Waals surface area contributed by atoms with E-state index in [4.69, 9.17) is 4.74 Å². The highest BCUT2D eigenvalue weighted by atomic mass is 32.2. The highest BCUT2D eigenvalue weighted by Crippen LogP contribution is 2.24. The molecular formula is C21H26N4O4S. The van der Waals surface area contributed by atoms with Crippen LogP contribution in [-0.4, -0.2) is 58.3 Å². The fourth-order valence-electron chi connectivity index (χ4n) is 2.86. The number of aromatic nitrogens is 3. The summed E-state index contributed by atoms with van der Waals surface area (Å²) >= 11 is 0. The standard InChI is InChI=1S/C21H26N4O4S/c1-16(21(26)11-6-17-5-4-12-22-13-17)29-20-9-7-18(8-10-20)19-14-23-25(15-19)30(27,28)24(2)3/h4-5,7-10,12-16,21,26H,6,11H2,1-3H3. The van der Waals surface area contributed by atoms with Crippen LogP contribution in [0, 0.1) is 0 Å². The smallest absolute Gasteiger partial charge is 0.322 e. The van der Waals surface area contributed by atoms with Crippen LogP contribution in [0.3, 0.4) is 0 Å². The van der Waals surface area contributed by atoms with Crippen molar-refractivity contribution in [1.29, 1.82) is 0 Å². The van der Waals surface area contributed by atoms with Gasteiger partial charge in [-0.25, -0.2) is 0 Å². The van der Waals surface area contributed by atoms with E-state index in [1.165, 1.54) is 26.5 Å². The molecule has 1 N–H and O–H groups in total. The summed E-state index contributed by atoms with van der Waals surface area (Å²) in [7, 11) is -0.734. The van der Waals surface area contributed by atoms with Crippen molar-refractivity contribution in [2.45, 2.75) is 32.0 Å². The Balaban J connectivity index is 1.60. The van der Waals surface area contributed by atoms with Gasteiger partial charge in [0.2, 0.25) is 0 Å². The molecule has 0 amide bonds. The Bertz CT molecular complexity index is 1050. The largest absolute Gasteiger partial charge is 0.488 e. The first-order valence-electron chi connectivity index (χ1n) is 9.59. The average Bonchev–Trinajstić information content (AvgIpc) is 3.24. The summed E-state index contributed by atoms with van der Waals surface area (Å²) in [5, 5.41) is 14.3. The normalized spacial score (nSPS) is 13.9. The molecule has 30 heavy (non-hydrogen) atoms. The predicted octanol–water partition coefficient (Wildman–Crippen LogP) is 2.36. The second-order valence-corrected chi connectivity index (χ2v) is 9.21. The van der Waals surface area contributed by atoms with Crippen molar-refractivity contribution in [3.63, 3.8) is 0 Å². The Morgan fingerprint density at radius 2 is 1.87 bits per heavy atom. The molecule has 0 bridgehead atoms. The Kier molecular flexibility index (Phi) is 6.86. The highest BCUT2D eigenvalue weighted by Gasteiger charge is 2.18. The molecule has 2 unspecified atom stereocenters. The first-order valence-corrected chi connectivity index (χ1v) is 11.0. The molecule has 0 aliphatic carbocycles. The topological polar surface area (TPSA) is 97.6 Å². The van der Waals surface area contributed by atoms with Crippen LogP contribution in [0.15, 0.2) is 61.2 Å². The van der Waals surface area contributed by atoms with E-state index in [1.807, 2.05) is 31.2 Å². The van der Waals surface area contributed by atoms with Crippen molar-refractivity contribution < 1.29 is 18.3 Å².